The van der Waals surface area contributed by atoms with Crippen LogP contribution in [-0.4, -0.2) is 67.4 Å². The lowest BCUT2D eigenvalue weighted by Crippen LogP contribution is -2.54. The molecule has 0 radical (unpaired) electrons. The lowest BCUT2D eigenvalue weighted by molar-refractivity contribution is 0.0822. The Labute approximate surface area is 189 Å². The number of rotatable bonds is 5. The average molecular weight is 460 g/mol. The number of sulfonamides is 1. The number of nitrogens with zero attached hydrogens (tertiary/aromatic N) is 3. The van der Waals surface area contributed by atoms with Gasteiger partial charge in [0.05, 0.1) is 18.0 Å². The molecule has 0 atom stereocenters. The Hall–Kier alpha value is -3.07. The molecule has 1 fully saturated rings. The van der Waals surface area contributed by atoms with E-state index < -0.39 is 22.1 Å². The van der Waals surface area contributed by atoms with Crippen molar-refractivity contribution in [3.63, 3.8) is 0 Å². The summed E-state index contributed by atoms with van der Waals surface area (Å²) in [4.78, 5) is 28.5. The number of carbonyl (C=O) groups excluding carboxylic acids is 2. The number of hydrogen-bond donors (Lipinski definition) is 0. The van der Waals surface area contributed by atoms with Crippen molar-refractivity contribution in [2.45, 2.75) is 32.2 Å². The van der Waals surface area contributed by atoms with Crippen molar-refractivity contribution in [3.05, 3.63) is 65.2 Å². The Morgan fingerprint density at radius 3 is 2.12 bits per heavy atom. The molecule has 32 heavy (non-hydrogen) atoms. The standard InChI is InChI=1S/C23H29N3O5S/c1-4-31-23(28)25-15-13-24(14-16-25)22(27)26(17-20-8-6-5-7-19(20)3)32(29,30)21-11-9-18(2)10-12-21/h5-12H,4,13-17H2,1-3H3. The number of ether oxygens (including phenoxy) is 1. The van der Waals surface area contributed by atoms with Crippen LogP contribution in [0.25, 0.3) is 0 Å². The van der Waals surface area contributed by atoms with Gasteiger partial charge in [0.25, 0.3) is 10.0 Å². The maximum atomic E-state index is 13.5. The predicted octanol–water partition coefficient (Wildman–Crippen LogP) is 3.39. The molecule has 1 aliphatic heterocycles. The molecular weight excluding hydrogens is 430 g/mol. The molecule has 8 nitrogen and oxygen atoms in total. The monoisotopic (exact) mass is 459 g/mol. The van der Waals surface area contributed by atoms with Gasteiger partial charge in [0.2, 0.25) is 0 Å². The number of urea groups is 1. The minimum Gasteiger partial charge on any atom is -0.450 e. The van der Waals surface area contributed by atoms with Crippen LogP contribution in [0.2, 0.25) is 0 Å². The fraction of sp³-hybridized carbons (Fsp3) is 0.391. The van der Waals surface area contributed by atoms with Crippen molar-refractivity contribution in [2.75, 3.05) is 32.8 Å². The maximum Gasteiger partial charge on any atom is 0.409 e. The predicted molar refractivity (Wildman–Crippen MR) is 121 cm³/mol. The van der Waals surface area contributed by atoms with Gasteiger partial charge < -0.3 is 14.5 Å². The van der Waals surface area contributed by atoms with E-state index in [1.54, 1.807) is 19.1 Å². The van der Waals surface area contributed by atoms with Crippen molar-refractivity contribution >= 4 is 22.1 Å². The van der Waals surface area contributed by atoms with Gasteiger partial charge in [-0.3, -0.25) is 0 Å². The summed E-state index contributed by atoms with van der Waals surface area (Å²) in [6, 6.07) is 13.2. The molecule has 1 aliphatic rings. The lowest BCUT2D eigenvalue weighted by atomic mass is 10.1. The molecule has 0 unspecified atom stereocenters. The molecule has 0 bridgehead atoms. The summed E-state index contributed by atoms with van der Waals surface area (Å²) in [5.74, 6) is 0. The first-order valence-electron chi connectivity index (χ1n) is 10.6. The highest BCUT2D eigenvalue weighted by Gasteiger charge is 2.35. The van der Waals surface area contributed by atoms with Crippen LogP contribution in [0.15, 0.2) is 53.4 Å². The summed E-state index contributed by atoms with van der Waals surface area (Å²) in [5.41, 5.74) is 2.58. The van der Waals surface area contributed by atoms with E-state index in [1.807, 2.05) is 38.1 Å². The maximum absolute atomic E-state index is 13.5. The summed E-state index contributed by atoms with van der Waals surface area (Å²) >= 11 is 0. The second kappa shape index (κ2) is 10.0. The molecule has 9 heteroatoms. The lowest BCUT2D eigenvalue weighted by Gasteiger charge is -2.36. The molecule has 0 saturated carbocycles. The van der Waals surface area contributed by atoms with E-state index >= 15 is 0 Å². The van der Waals surface area contributed by atoms with Crippen LogP contribution in [0.4, 0.5) is 9.59 Å². The summed E-state index contributed by atoms with van der Waals surface area (Å²) in [7, 11) is -4.08. The van der Waals surface area contributed by atoms with Gasteiger partial charge in [0, 0.05) is 26.2 Å². The zero-order valence-electron chi connectivity index (χ0n) is 18.7. The van der Waals surface area contributed by atoms with Gasteiger partial charge in [0.15, 0.2) is 0 Å². The zero-order valence-corrected chi connectivity index (χ0v) is 19.5. The first-order chi connectivity index (χ1) is 15.2. The fourth-order valence-electron chi connectivity index (χ4n) is 3.49. The van der Waals surface area contributed by atoms with E-state index in [9.17, 15) is 18.0 Å². The molecule has 172 valence electrons. The third kappa shape index (κ3) is 5.21. The summed E-state index contributed by atoms with van der Waals surface area (Å²) < 4.78 is 32.9. The molecule has 0 aliphatic carbocycles. The van der Waals surface area contributed by atoms with E-state index in [2.05, 4.69) is 0 Å². The second-order valence-electron chi connectivity index (χ2n) is 7.71. The van der Waals surface area contributed by atoms with Crippen LogP contribution >= 0.6 is 0 Å². The number of aryl methyl sites for hydroxylation is 2. The van der Waals surface area contributed by atoms with Gasteiger partial charge in [-0.15, -0.1) is 0 Å². The van der Waals surface area contributed by atoms with Crippen LogP contribution in [0.3, 0.4) is 0 Å². The van der Waals surface area contributed by atoms with Crippen molar-refractivity contribution in [2.24, 2.45) is 0 Å². The van der Waals surface area contributed by atoms with Crippen molar-refractivity contribution in [3.8, 4) is 0 Å². The molecule has 1 heterocycles. The highest BCUT2D eigenvalue weighted by atomic mass is 32.2. The molecule has 0 spiro atoms. The Balaban J connectivity index is 1.87. The van der Waals surface area contributed by atoms with Gasteiger partial charge in [-0.25, -0.2) is 22.3 Å². The average Bonchev–Trinajstić information content (AvgIpc) is 2.78. The number of amides is 3. The van der Waals surface area contributed by atoms with Crippen LogP contribution in [-0.2, 0) is 21.3 Å². The number of benzene rings is 2. The SMILES string of the molecule is CCOC(=O)N1CCN(C(=O)N(Cc2ccccc2C)S(=O)(=O)c2ccc(C)cc2)CC1. The van der Waals surface area contributed by atoms with Crippen molar-refractivity contribution < 1.29 is 22.7 Å². The zero-order chi connectivity index (χ0) is 23.3. The van der Waals surface area contributed by atoms with E-state index in [0.717, 1.165) is 21.0 Å². The van der Waals surface area contributed by atoms with Crippen LogP contribution in [0.5, 0.6) is 0 Å². The van der Waals surface area contributed by atoms with E-state index in [1.165, 1.54) is 21.9 Å². The van der Waals surface area contributed by atoms with Gasteiger partial charge in [0.1, 0.15) is 0 Å². The Bertz CT molecular complexity index is 1060. The summed E-state index contributed by atoms with van der Waals surface area (Å²) in [6.07, 6.45) is -0.427. The Morgan fingerprint density at radius 2 is 1.53 bits per heavy atom. The summed E-state index contributed by atoms with van der Waals surface area (Å²) in [6.45, 7) is 6.72. The normalized spacial score (nSPS) is 14.2. The van der Waals surface area contributed by atoms with Crippen LogP contribution in [0, 0.1) is 13.8 Å². The molecule has 2 aromatic carbocycles. The topological polar surface area (TPSA) is 87.2 Å². The molecule has 0 N–H and O–H groups in total. The van der Waals surface area contributed by atoms with E-state index in [4.69, 9.17) is 4.74 Å². The molecule has 0 aromatic heterocycles. The van der Waals surface area contributed by atoms with Gasteiger partial charge in [-0.2, -0.15) is 0 Å². The molecule has 1 saturated heterocycles. The van der Waals surface area contributed by atoms with Gasteiger partial charge in [-0.1, -0.05) is 42.0 Å². The van der Waals surface area contributed by atoms with E-state index in [0.29, 0.717) is 0 Å². The minimum atomic E-state index is -4.08. The second-order valence-corrected chi connectivity index (χ2v) is 9.57. The number of hydrogen-bond acceptors (Lipinski definition) is 5. The molecule has 3 amide bonds. The smallest absolute Gasteiger partial charge is 0.409 e. The Morgan fingerprint density at radius 1 is 0.938 bits per heavy atom. The number of carbonyl (C=O) groups is 2. The first kappa shape index (κ1) is 23.6. The van der Waals surface area contributed by atoms with Crippen LogP contribution < -0.4 is 0 Å². The third-order valence-corrected chi connectivity index (χ3v) is 7.21. The molecular formula is C23H29N3O5S. The third-order valence-electron chi connectivity index (χ3n) is 5.47. The molecule has 2 aromatic rings. The van der Waals surface area contributed by atoms with Crippen LogP contribution in [0.1, 0.15) is 23.6 Å². The fourth-order valence-corrected chi connectivity index (χ4v) is 4.85. The highest BCUT2D eigenvalue weighted by Crippen LogP contribution is 2.23. The quantitative estimate of drug-likeness (QED) is 0.684. The summed E-state index contributed by atoms with van der Waals surface area (Å²) in [5, 5.41) is 0. The molecule has 3 rings (SSSR count). The minimum absolute atomic E-state index is 0.0650. The highest BCUT2D eigenvalue weighted by molar-refractivity contribution is 7.89. The van der Waals surface area contributed by atoms with Crippen molar-refractivity contribution in [1.82, 2.24) is 14.1 Å². The van der Waals surface area contributed by atoms with E-state index in [-0.39, 0.29) is 44.2 Å². The largest absolute Gasteiger partial charge is 0.450 e. The first-order valence-corrected chi connectivity index (χ1v) is 12.0. The Kier molecular flexibility index (Phi) is 7.40. The van der Waals surface area contributed by atoms with Gasteiger partial charge in [-0.05, 0) is 44.0 Å². The van der Waals surface area contributed by atoms with Gasteiger partial charge >= 0.3 is 12.1 Å². The van der Waals surface area contributed by atoms with Crippen molar-refractivity contribution in [1.29, 1.82) is 0 Å². The number of piperazine rings is 1.